The zero-order valence-corrected chi connectivity index (χ0v) is 18.5. The van der Waals surface area contributed by atoms with Crippen molar-refractivity contribution in [1.82, 2.24) is 0 Å². The molecule has 0 bridgehead atoms. The van der Waals surface area contributed by atoms with E-state index in [1.54, 1.807) is 0 Å². The van der Waals surface area contributed by atoms with E-state index < -0.39 is 24.1 Å². The normalized spacial score (nSPS) is 27.3. The van der Waals surface area contributed by atoms with Gasteiger partial charge in [0.15, 0.2) is 12.2 Å². The van der Waals surface area contributed by atoms with Crippen molar-refractivity contribution in [1.29, 1.82) is 0 Å². The number of nitrogens with zero attached hydrogens (tertiary/aromatic N) is 1. The Labute approximate surface area is 190 Å². The number of nitrogens with two attached hydrogens (primary N) is 1. The van der Waals surface area contributed by atoms with E-state index in [0.29, 0.717) is 17.0 Å². The molecule has 0 aromatic heterocycles. The molecule has 0 spiro atoms. The van der Waals surface area contributed by atoms with Crippen LogP contribution in [0.15, 0.2) is 18.2 Å². The van der Waals surface area contributed by atoms with E-state index in [2.05, 4.69) is 6.07 Å². The van der Waals surface area contributed by atoms with Gasteiger partial charge in [0.2, 0.25) is 0 Å². The quantitative estimate of drug-likeness (QED) is 0.362. The number of carbonyl (C=O) groups is 2. The molecule has 6 N–H and O–H groups in total. The number of ether oxygens (including phenoxy) is 1. The molecule has 2 aliphatic heterocycles. The highest BCUT2D eigenvalue weighted by atomic mass is 35.5. The predicted octanol–water partition coefficient (Wildman–Crippen LogP) is 0.955. The summed E-state index contributed by atoms with van der Waals surface area (Å²) in [7, 11) is 0. The summed E-state index contributed by atoms with van der Waals surface area (Å²) in [6, 6.07) is 6.42. The second-order valence-corrected chi connectivity index (χ2v) is 8.84. The summed E-state index contributed by atoms with van der Waals surface area (Å²) in [5.74, 6) is -2.92. The van der Waals surface area contributed by atoms with E-state index in [1.165, 1.54) is 18.5 Å². The second-order valence-electron chi connectivity index (χ2n) is 7.99. The van der Waals surface area contributed by atoms with Gasteiger partial charge >= 0.3 is 11.9 Å². The van der Waals surface area contributed by atoms with Crippen molar-refractivity contribution in [3.8, 4) is 0 Å². The van der Waals surface area contributed by atoms with Crippen LogP contribution >= 0.6 is 23.2 Å². The number of quaternary nitrogens is 1. The highest BCUT2D eigenvalue weighted by molar-refractivity contribution is 6.35. The summed E-state index contributed by atoms with van der Waals surface area (Å²) in [6.07, 6.45) is -2.18. The fourth-order valence-electron chi connectivity index (χ4n) is 4.15. The average molecular weight is 480 g/mol. The minimum absolute atomic E-state index is 0.577. The number of carboxylic acid groups (broad SMARTS) is 2. The Kier molecular flexibility index (Phi) is 9.50. The first-order valence-electron chi connectivity index (χ1n) is 9.99. The maximum absolute atomic E-state index is 9.77. The number of aliphatic hydroxyl groups is 2. The maximum Gasteiger partial charge on any atom is 0.335 e. The molecule has 9 nitrogen and oxygen atoms in total. The molecule has 3 rings (SSSR count). The molecule has 174 valence electrons. The molecule has 1 aromatic rings. The lowest BCUT2D eigenvalue weighted by Gasteiger charge is -2.40. The van der Waals surface area contributed by atoms with Gasteiger partial charge in [0.25, 0.3) is 0 Å². The number of hydrogen-bond donors (Lipinski definition) is 5. The molecule has 2 heterocycles. The Morgan fingerprint density at radius 1 is 1.16 bits per heavy atom. The molecule has 2 aliphatic rings. The molecule has 31 heavy (non-hydrogen) atoms. The molecular weight excluding hydrogens is 451 g/mol. The minimum Gasteiger partial charge on any atom is -0.479 e. The van der Waals surface area contributed by atoms with E-state index in [1.807, 2.05) is 12.1 Å². The first kappa shape index (κ1) is 25.8. The lowest BCUT2D eigenvalue weighted by atomic mass is 10.1. The molecule has 2 saturated heterocycles. The Morgan fingerprint density at radius 2 is 1.81 bits per heavy atom. The fourth-order valence-corrected chi connectivity index (χ4v) is 4.61. The molecule has 0 aliphatic carbocycles. The van der Waals surface area contributed by atoms with Crippen molar-refractivity contribution < 1.29 is 39.2 Å². The van der Waals surface area contributed by atoms with Crippen LogP contribution in [0.2, 0.25) is 10.0 Å². The van der Waals surface area contributed by atoms with Gasteiger partial charge in [-0.2, -0.15) is 0 Å². The first-order valence-corrected chi connectivity index (χ1v) is 10.7. The van der Waals surface area contributed by atoms with Crippen LogP contribution in [0.25, 0.3) is 0 Å². The number of aliphatic carboxylic acids is 2. The van der Waals surface area contributed by atoms with Crippen LogP contribution in [0.3, 0.4) is 0 Å². The molecule has 5 atom stereocenters. The van der Waals surface area contributed by atoms with E-state index >= 15 is 0 Å². The van der Waals surface area contributed by atoms with E-state index in [0.717, 1.165) is 48.8 Å². The number of hydrogen-bond acceptors (Lipinski definition) is 6. The number of aliphatic hydroxyl groups excluding tert-OH is 2. The number of rotatable bonds is 7. The standard InChI is InChI=1S/C16H23Cl2N2O.C4H6O6/c17-14-2-1-13(16(18)7-14)10-20(15-4-6-21-11-15)5-3-12(8-19)9-20;5-1(3(7)8)2(6)4(9)10/h1-2,7,12,15H,3-6,8-11,19H2;1-2,5-6H,(H,7,8)(H,9,10)/q+1;/t12-,15+,20?;/m0./s1. The lowest BCUT2D eigenvalue weighted by Crippen LogP contribution is -2.53. The van der Waals surface area contributed by atoms with Gasteiger partial charge in [-0.05, 0) is 12.1 Å². The molecule has 1 aromatic carbocycles. The highest BCUT2D eigenvalue weighted by Gasteiger charge is 2.45. The van der Waals surface area contributed by atoms with Crippen molar-refractivity contribution in [2.75, 3.05) is 32.8 Å². The van der Waals surface area contributed by atoms with Crippen LogP contribution in [-0.2, 0) is 20.9 Å². The highest BCUT2D eigenvalue weighted by Crippen LogP contribution is 2.35. The molecule has 11 heteroatoms. The van der Waals surface area contributed by atoms with Crippen molar-refractivity contribution in [3.63, 3.8) is 0 Å². The lowest BCUT2D eigenvalue weighted by molar-refractivity contribution is -0.952. The van der Waals surface area contributed by atoms with Gasteiger partial charge in [-0.3, -0.25) is 0 Å². The molecule has 0 saturated carbocycles. The Morgan fingerprint density at radius 3 is 2.26 bits per heavy atom. The van der Waals surface area contributed by atoms with Gasteiger partial charge in [-0.1, -0.05) is 29.3 Å². The fraction of sp³-hybridized carbons (Fsp3) is 0.600. The van der Waals surface area contributed by atoms with Crippen LogP contribution in [0.5, 0.6) is 0 Å². The third-order valence-electron chi connectivity index (χ3n) is 5.92. The summed E-state index contributed by atoms with van der Waals surface area (Å²) in [4.78, 5) is 19.5. The minimum atomic E-state index is -2.27. The molecule has 0 amide bonds. The Bertz CT molecular complexity index is 758. The van der Waals surface area contributed by atoms with Gasteiger partial charge in [0.1, 0.15) is 12.6 Å². The van der Waals surface area contributed by atoms with Crippen LogP contribution in [0, 0.1) is 5.92 Å². The molecule has 3 unspecified atom stereocenters. The van der Waals surface area contributed by atoms with Crippen LogP contribution < -0.4 is 5.73 Å². The Balaban J connectivity index is 0.000000291. The monoisotopic (exact) mass is 479 g/mol. The summed E-state index contributed by atoms with van der Waals surface area (Å²) in [6.45, 7) is 5.80. The van der Waals surface area contributed by atoms with Gasteiger partial charge in [0.05, 0.1) is 31.3 Å². The Hall–Kier alpha value is -1.46. The number of likely N-dealkylation sites (tertiary alicyclic amines) is 1. The molecular formula is C20H29Cl2N2O7+. The maximum atomic E-state index is 9.77. The van der Waals surface area contributed by atoms with Gasteiger partial charge < -0.3 is 35.4 Å². The third-order valence-corrected chi connectivity index (χ3v) is 6.51. The van der Waals surface area contributed by atoms with Crippen molar-refractivity contribution in [3.05, 3.63) is 33.8 Å². The molecule has 0 radical (unpaired) electrons. The van der Waals surface area contributed by atoms with Gasteiger partial charge in [-0.15, -0.1) is 0 Å². The zero-order valence-electron chi connectivity index (χ0n) is 17.0. The second kappa shape index (κ2) is 11.4. The topological polar surface area (TPSA) is 150 Å². The average Bonchev–Trinajstić information content (AvgIpc) is 3.40. The predicted molar refractivity (Wildman–Crippen MR) is 114 cm³/mol. The van der Waals surface area contributed by atoms with Crippen molar-refractivity contribution in [2.45, 2.75) is 37.6 Å². The number of carboxylic acids is 2. The van der Waals surface area contributed by atoms with Crippen LogP contribution in [0.1, 0.15) is 18.4 Å². The SMILES string of the molecule is NC[C@@H]1CC[N+](Cc2ccc(Cl)cc2Cl)([C@@H]2CCOC2)C1.O=C(O)C(O)C(O)C(=O)O. The summed E-state index contributed by atoms with van der Waals surface area (Å²) in [5.41, 5.74) is 7.10. The van der Waals surface area contributed by atoms with Crippen molar-refractivity contribution >= 4 is 35.1 Å². The zero-order chi connectivity index (χ0) is 23.2. The summed E-state index contributed by atoms with van der Waals surface area (Å²) in [5, 5.41) is 34.0. The van der Waals surface area contributed by atoms with Crippen LogP contribution in [-0.4, -0.2) is 87.9 Å². The smallest absolute Gasteiger partial charge is 0.335 e. The third kappa shape index (κ3) is 6.76. The van der Waals surface area contributed by atoms with Crippen molar-refractivity contribution in [2.24, 2.45) is 11.7 Å². The summed E-state index contributed by atoms with van der Waals surface area (Å²) < 4.78 is 6.72. The van der Waals surface area contributed by atoms with Crippen LogP contribution in [0.4, 0.5) is 0 Å². The van der Waals surface area contributed by atoms with Gasteiger partial charge in [-0.25, -0.2) is 9.59 Å². The van der Waals surface area contributed by atoms with E-state index in [4.69, 9.17) is 54.1 Å². The van der Waals surface area contributed by atoms with E-state index in [9.17, 15) is 9.59 Å². The van der Waals surface area contributed by atoms with Gasteiger partial charge in [0, 0.05) is 35.9 Å². The molecule has 2 fully saturated rings. The number of halogens is 2. The summed E-state index contributed by atoms with van der Waals surface area (Å²) >= 11 is 12.4. The first-order chi connectivity index (χ1) is 14.6. The number of benzene rings is 1. The largest absolute Gasteiger partial charge is 0.479 e. The van der Waals surface area contributed by atoms with E-state index in [-0.39, 0.29) is 0 Å².